The summed E-state index contributed by atoms with van der Waals surface area (Å²) in [6.07, 6.45) is 0.0635. The fourth-order valence-corrected chi connectivity index (χ4v) is 8.27. The van der Waals surface area contributed by atoms with Crippen LogP contribution < -0.4 is 14.2 Å². The third kappa shape index (κ3) is 10.1. The van der Waals surface area contributed by atoms with Crippen LogP contribution in [-0.4, -0.2) is 81.5 Å². The number of carbonyl (C=O) groups excluding carboxylic acids is 2. The van der Waals surface area contributed by atoms with Crippen LogP contribution in [0.4, 0.5) is 4.79 Å². The standard InChI is InChI=1S/C36H55NO8SSi2/c1-24-25(2)33-31(26(3)32(24)44-23-42-16-18-48(8,9)10)29(38)20-36(4,45-33)21-43-28-13-11-27(12-14-28)19-30-34(39)37(35(40)46-30)22-41-15-17-47(5,6)7/h11-14,29-30,38H,15-23H2,1-10H3. The van der Waals surface area contributed by atoms with Crippen LogP contribution in [0.15, 0.2) is 24.3 Å². The fraction of sp³-hybridized carbons (Fsp3) is 0.611. The molecule has 0 radical (unpaired) electrons. The van der Waals surface area contributed by atoms with Crippen molar-refractivity contribution in [1.29, 1.82) is 0 Å². The summed E-state index contributed by atoms with van der Waals surface area (Å²) >= 11 is 1.06. The van der Waals surface area contributed by atoms with Gasteiger partial charge in [-0.25, -0.2) is 4.90 Å². The molecule has 2 amide bonds. The van der Waals surface area contributed by atoms with Gasteiger partial charge in [0.25, 0.3) is 5.24 Å². The Morgan fingerprint density at radius 2 is 1.54 bits per heavy atom. The molecule has 0 aromatic heterocycles. The Hall–Kier alpha value is -2.36. The summed E-state index contributed by atoms with van der Waals surface area (Å²) < 4.78 is 30.3. The number of benzene rings is 2. The van der Waals surface area contributed by atoms with E-state index in [0.717, 1.165) is 57.4 Å². The number of fused-ring (bicyclic) bond motifs is 1. The average Bonchev–Trinajstić information content (AvgIpc) is 3.25. The van der Waals surface area contributed by atoms with Gasteiger partial charge in [0.2, 0.25) is 5.91 Å². The first-order valence-electron chi connectivity index (χ1n) is 16.9. The predicted octanol–water partition coefficient (Wildman–Crippen LogP) is 7.88. The van der Waals surface area contributed by atoms with E-state index < -0.39 is 33.1 Å². The summed E-state index contributed by atoms with van der Waals surface area (Å²) in [4.78, 5) is 26.7. The van der Waals surface area contributed by atoms with Crippen molar-refractivity contribution < 1.29 is 38.4 Å². The number of rotatable bonds is 16. The SMILES string of the molecule is Cc1c(C)c2c(c(C)c1OCOCC[Si](C)(C)C)C(O)CC(C)(COc1ccc(CC3SC(=O)N(COCC[Si](C)(C)C)C3=O)cc1)O2. The summed E-state index contributed by atoms with van der Waals surface area (Å²) in [5, 5.41) is 10.6. The van der Waals surface area contributed by atoms with Crippen molar-refractivity contribution in [1.82, 2.24) is 4.90 Å². The van der Waals surface area contributed by atoms with Crippen molar-refractivity contribution in [2.45, 2.75) is 109 Å². The van der Waals surface area contributed by atoms with Gasteiger partial charge >= 0.3 is 0 Å². The van der Waals surface area contributed by atoms with Gasteiger partial charge in [0.15, 0.2) is 6.79 Å². The number of amides is 2. The Morgan fingerprint density at radius 3 is 2.17 bits per heavy atom. The molecule has 1 fully saturated rings. The molecule has 2 aliphatic rings. The summed E-state index contributed by atoms with van der Waals surface area (Å²) in [7, 11) is -2.43. The van der Waals surface area contributed by atoms with E-state index in [9.17, 15) is 14.7 Å². The molecule has 2 heterocycles. The number of aliphatic hydroxyl groups is 1. The molecule has 0 aliphatic carbocycles. The third-order valence-electron chi connectivity index (χ3n) is 8.93. The molecule has 12 heteroatoms. The molecule has 2 aromatic rings. The molecule has 9 nitrogen and oxygen atoms in total. The Morgan fingerprint density at radius 1 is 0.917 bits per heavy atom. The van der Waals surface area contributed by atoms with Crippen molar-refractivity contribution in [2.75, 3.05) is 33.3 Å². The lowest BCUT2D eigenvalue weighted by molar-refractivity contribution is -0.130. The summed E-state index contributed by atoms with van der Waals surface area (Å²) in [5.74, 6) is 1.87. The van der Waals surface area contributed by atoms with Gasteiger partial charge in [-0.3, -0.25) is 9.59 Å². The Labute approximate surface area is 293 Å². The lowest BCUT2D eigenvalue weighted by atomic mass is 9.85. The van der Waals surface area contributed by atoms with E-state index in [0.29, 0.717) is 37.6 Å². The maximum atomic E-state index is 12.9. The Balaban J connectivity index is 1.32. The second-order valence-corrected chi connectivity index (χ2v) is 28.2. The van der Waals surface area contributed by atoms with Crippen LogP contribution in [0, 0.1) is 20.8 Å². The van der Waals surface area contributed by atoms with Crippen LogP contribution in [0.25, 0.3) is 0 Å². The fourth-order valence-electron chi connectivity index (χ4n) is 5.74. The molecule has 2 aromatic carbocycles. The maximum Gasteiger partial charge on any atom is 0.290 e. The van der Waals surface area contributed by atoms with Crippen LogP contribution in [0.2, 0.25) is 51.4 Å². The van der Waals surface area contributed by atoms with Crippen LogP contribution in [-0.2, 0) is 20.7 Å². The molecule has 266 valence electrons. The first kappa shape index (κ1) is 38.4. The lowest BCUT2D eigenvalue weighted by Crippen LogP contribution is -2.44. The second kappa shape index (κ2) is 15.7. The molecule has 4 rings (SSSR count). The van der Waals surface area contributed by atoms with Crippen LogP contribution in [0.5, 0.6) is 17.2 Å². The van der Waals surface area contributed by atoms with Crippen LogP contribution in [0.1, 0.15) is 47.3 Å². The second-order valence-electron chi connectivity index (χ2n) is 15.8. The highest BCUT2D eigenvalue weighted by Gasteiger charge is 2.41. The zero-order chi connectivity index (χ0) is 35.4. The molecule has 3 atom stereocenters. The molecule has 0 saturated carbocycles. The van der Waals surface area contributed by atoms with Crippen molar-refractivity contribution in [3.63, 3.8) is 0 Å². The minimum absolute atomic E-state index is 0.0138. The lowest BCUT2D eigenvalue weighted by Gasteiger charge is -2.40. The highest BCUT2D eigenvalue weighted by Crippen LogP contribution is 2.48. The number of imide groups is 1. The van der Waals surface area contributed by atoms with Crippen molar-refractivity contribution >= 4 is 39.1 Å². The average molecular weight is 718 g/mol. The molecule has 1 N–H and O–H groups in total. The number of thioether (sulfide) groups is 1. The first-order chi connectivity index (χ1) is 22.4. The predicted molar refractivity (Wildman–Crippen MR) is 197 cm³/mol. The normalized spacial score (nSPS) is 21.4. The minimum Gasteiger partial charge on any atom is -0.489 e. The number of carbonyl (C=O) groups is 2. The van der Waals surface area contributed by atoms with Crippen molar-refractivity contribution in [2.24, 2.45) is 0 Å². The van der Waals surface area contributed by atoms with E-state index in [-0.39, 0.29) is 31.3 Å². The van der Waals surface area contributed by atoms with Gasteiger partial charge < -0.3 is 28.8 Å². The molecular formula is C36H55NO8SSi2. The minimum atomic E-state index is -1.25. The van der Waals surface area contributed by atoms with E-state index >= 15 is 0 Å². The van der Waals surface area contributed by atoms with Crippen molar-refractivity contribution in [3.8, 4) is 17.2 Å². The molecule has 0 bridgehead atoms. The zero-order valence-corrected chi connectivity index (χ0v) is 33.3. The topological polar surface area (TPSA) is 104 Å². The number of ether oxygens (including phenoxy) is 5. The zero-order valence-electron chi connectivity index (χ0n) is 30.5. The van der Waals surface area contributed by atoms with E-state index in [1.54, 1.807) is 0 Å². The third-order valence-corrected chi connectivity index (χ3v) is 13.4. The number of hydrogen-bond donors (Lipinski definition) is 1. The largest absolute Gasteiger partial charge is 0.489 e. The molecule has 2 aliphatic heterocycles. The number of hydrogen-bond acceptors (Lipinski definition) is 9. The van der Waals surface area contributed by atoms with Crippen molar-refractivity contribution in [3.05, 3.63) is 52.1 Å². The van der Waals surface area contributed by atoms with Gasteiger partial charge in [0, 0.05) is 46.9 Å². The maximum absolute atomic E-state index is 12.9. The van der Waals surface area contributed by atoms with E-state index in [1.165, 1.54) is 4.90 Å². The van der Waals surface area contributed by atoms with Crippen LogP contribution in [0.3, 0.4) is 0 Å². The van der Waals surface area contributed by atoms with Gasteiger partial charge in [-0.05, 0) is 75.0 Å². The molecule has 3 unspecified atom stereocenters. The number of aliphatic hydroxyl groups excluding tert-OH is 1. The van der Waals surface area contributed by atoms with E-state index in [1.807, 2.05) is 52.0 Å². The molecule has 1 saturated heterocycles. The highest BCUT2D eigenvalue weighted by atomic mass is 32.2. The molecular weight excluding hydrogens is 663 g/mol. The van der Waals surface area contributed by atoms with Gasteiger partial charge in [0.05, 0.1) is 11.4 Å². The monoisotopic (exact) mass is 717 g/mol. The Bertz CT molecular complexity index is 1460. The van der Waals surface area contributed by atoms with E-state index in [2.05, 4.69) is 39.3 Å². The van der Waals surface area contributed by atoms with Gasteiger partial charge in [0.1, 0.15) is 36.2 Å². The smallest absolute Gasteiger partial charge is 0.290 e. The van der Waals surface area contributed by atoms with Gasteiger partial charge in [-0.2, -0.15) is 0 Å². The summed E-state index contributed by atoms with van der Waals surface area (Å²) in [5.41, 5.74) is 3.69. The molecule has 0 spiro atoms. The summed E-state index contributed by atoms with van der Waals surface area (Å²) in [6.45, 7) is 23.3. The first-order valence-corrected chi connectivity index (χ1v) is 25.2. The summed E-state index contributed by atoms with van der Waals surface area (Å²) in [6, 6.07) is 9.63. The molecule has 48 heavy (non-hydrogen) atoms. The quantitative estimate of drug-likeness (QED) is 0.106. The van der Waals surface area contributed by atoms with E-state index in [4.69, 9.17) is 23.7 Å². The van der Waals surface area contributed by atoms with Crippen LogP contribution >= 0.6 is 11.8 Å². The van der Waals surface area contributed by atoms with Gasteiger partial charge in [-0.1, -0.05) is 63.2 Å². The highest BCUT2D eigenvalue weighted by molar-refractivity contribution is 8.15. The Kier molecular flexibility index (Phi) is 12.6. The number of nitrogens with zero attached hydrogens (tertiary/aromatic N) is 1. The van der Waals surface area contributed by atoms with Gasteiger partial charge in [-0.15, -0.1) is 0 Å².